The molecule has 0 aromatic heterocycles. The monoisotopic (exact) mass is 498 g/mol. The molecule has 196 valence electrons. The summed E-state index contributed by atoms with van der Waals surface area (Å²) >= 11 is 0. The number of carboxylic acids is 1. The Bertz CT molecular complexity index is 918. The Labute approximate surface area is 206 Å². The van der Waals surface area contributed by atoms with Crippen molar-refractivity contribution in [2.45, 2.75) is 104 Å². The molecule has 0 radical (unpaired) electrons. The fourth-order valence-electron chi connectivity index (χ4n) is 5.50. The molecular formula is C26H46N2O5S. The van der Waals surface area contributed by atoms with E-state index < -0.39 is 27.3 Å². The van der Waals surface area contributed by atoms with Gasteiger partial charge in [-0.3, -0.25) is 9.35 Å². The van der Waals surface area contributed by atoms with Crippen LogP contribution in [-0.2, 0) is 26.7 Å². The van der Waals surface area contributed by atoms with Crippen LogP contribution in [0.1, 0.15) is 96.8 Å². The second-order valence-electron chi connectivity index (χ2n) is 11.1. The molecule has 2 aliphatic rings. The third-order valence-electron chi connectivity index (χ3n) is 6.73. The van der Waals surface area contributed by atoms with Gasteiger partial charge in [0, 0.05) is 0 Å². The topological polar surface area (TPSA) is 144 Å². The maximum atomic E-state index is 12.2. The number of carboxylic acid groups (broad SMARTS) is 1. The Balaban J connectivity index is 0.000000629. The highest BCUT2D eigenvalue weighted by Crippen LogP contribution is 2.58. The minimum absolute atomic E-state index is 0.293. The third-order valence-corrected chi connectivity index (χ3v) is 7.61. The molecule has 34 heavy (non-hydrogen) atoms. The van der Waals surface area contributed by atoms with Crippen LogP contribution in [0.4, 0.5) is 0 Å². The van der Waals surface area contributed by atoms with Crippen molar-refractivity contribution in [2.75, 3.05) is 5.75 Å². The molecule has 0 spiro atoms. The van der Waals surface area contributed by atoms with Crippen molar-refractivity contribution in [3.05, 3.63) is 34.9 Å². The molecule has 0 unspecified atom stereocenters. The standard InChI is InChI=1S/C20H28O5S.2C3H9N/c1-13(2)14-5-7-16-15(11-14)6-8-17-19(16,3)9-4-10-20(17,18(21)22)12-26(23,24)25;2*1-3(2)4/h5,7,11,13,17H,4,6,8-10,12H2,1-3H3,(H,21,22)(H,23,24,25);2*3H,4H2,1-2H3/t17-,19-,20-;;/m1../s1. The number of hydrogen-bond donors (Lipinski definition) is 4. The van der Waals surface area contributed by atoms with Gasteiger partial charge in [-0.2, -0.15) is 8.42 Å². The molecule has 7 nitrogen and oxygen atoms in total. The van der Waals surface area contributed by atoms with Crippen molar-refractivity contribution in [2.24, 2.45) is 22.8 Å². The summed E-state index contributed by atoms with van der Waals surface area (Å²) in [6.45, 7) is 14.2. The smallest absolute Gasteiger partial charge is 0.311 e. The van der Waals surface area contributed by atoms with E-state index >= 15 is 0 Å². The van der Waals surface area contributed by atoms with E-state index in [1.807, 2.05) is 27.7 Å². The van der Waals surface area contributed by atoms with Crippen LogP contribution < -0.4 is 11.5 Å². The van der Waals surface area contributed by atoms with E-state index in [1.54, 1.807) is 0 Å². The Kier molecular flexibility index (Phi) is 10.8. The number of aliphatic carboxylic acids is 1. The van der Waals surface area contributed by atoms with Crippen molar-refractivity contribution in [3.8, 4) is 0 Å². The molecular weight excluding hydrogens is 452 g/mol. The van der Waals surface area contributed by atoms with Gasteiger partial charge in [-0.1, -0.05) is 73.1 Å². The lowest BCUT2D eigenvalue weighted by Crippen LogP contribution is -2.56. The van der Waals surface area contributed by atoms with Crippen molar-refractivity contribution < 1.29 is 22.9 Å². The van der Waals surface area contributed by atoms with Crippen LogP contribution in [0.3, 0.4) is 0 Å². The Hall–Kier alpha value is -1.48. The number of nitrogens with two attached hydrogens (primary N) is 2. The van der Waals surface area contributed by atoms with Crippen molar-refractivity contribution in [3.63, 3.8) is 0 Å². The van der Waals surface area contributed by atoms with Crippen LogP contribution in [0.5, 0.6) is 0 Å². The lowest BCUT2D eigenvalue weighted by atomic mass is 9.49. The Morgan fingerprint density at radius 2 is 1.62 bits per heavy atom. The average Bonchev–Trinajstić information content (AvgIpc) is 2.65. The predicted molar refractivity (Wildman–Crippen MR) is 139 cm³/mol. The summed E-state index contributed by atoms with van der Waals surface area (Å²) in [4.78, 5) is 12.2. The fraction of sp³-hybridized carbons (Fsp3) is 0.731. The molecule has 2 aliphatic carbocycles. The zero-order valence-electron chi connectivity index (χ0n) is 22.0. The second-order valence-corrected chi connectivity index (χ2v) is 12.6. The van der Waals surface area contributed by atoms with Gasteiger partial charge < -0.3 is 16.6 Å². The number of fused-ring (bicyclic) bond motifs is 3. The molecule has 3 rings (SSSR count). The van der Waals surface area contributed by atoms with Crippen LogP contribution in [0.25, 0.3) is 0 Å². The van der Waals surface area contributed by atoms with E-state index in [9.17, 15) is 22.9 Å². The molecule has 1 saturated carbocycles. The van der Waals surface area contributed by atoms with Gasteiger partial charge in [0.1, 0.15) is 0 Å². The molecule has 6 N–H and O–H groups in total. The van der Waals surface area contributed by atoms with Gasteiger partial charge >= 0.3 is 5.97 Å². The number of aryl methyl sites for hydroxylation is 1. The molecule has 1 fully saturated rings. The first-order valence-electron chi connectivity index (χ1n) is 12.3. The van der Waals surface area contributed by atoms with E-state index in [0.29, 0.717) is 37.3 Å². The van der Waals surface area contributed by atoms with E-state index in [-0.39, 0.29) is 11.3 Å². The zero-order chi connectivity index (χ0) is 26.5. The van der Waals surface area contributed by atoms with Gasteiger partial charge in [-0.15, -0.1) is 0 Å². The highest BCUT2D eigenvalue weighted by atomic mass is 32.2. The summed E-state index contributed by atoms with van der Waals surface area (Å²) in [6.07, 6.45) is 3.15. The highest BCUT2D eigenvalue weighted by molar-refractivity contribution is 7.85. The maximum absolute atomic E-state index is 12.2. The number of carbonyl (C=O) groups is 1. The first-order chi connectivity index (χ1) is 15.5. The van der Waals surface area contributed by atoms with Crippen molar-refractivity contribution in [1.29, 1.82) is 0 Å². The summed E-state index contributed by atoms with van der Waals surface area (Å²) in [5.41, 5.74) is 12.1. The normalized spacial score (nSPS) is 26.1. The van der Waals surface area contributed by atoms with Crippen LogP contribution in [0.15, 0.2) is 18.2 Å². The highest BCUT2D eigenvalue weighted by Gasteiger charge is 2.59. The van der Waals surface area contributed by atoms with Gasteiger partial charge in [0.15, 0.2) is 0 Å². The number of hydrogen-bond acceptors (Lipinski definition) is 5. The summed E-state index contributed by atoms with van der Waals surface area (Å²) in [5, 5.41) is 9.99. The van der Waals surface area contributed by atoms with Gasteiger partial charge in [0.2, 0.25) is 0 Å². The van der Waals surface area contributed by atoms with E-state index in [4.69, 9.17) is 11.5 Å². The van der Waals surface area contributed by atoms with Crippen LogP contribution in [0.2, 0.25) is 0 Å². The van der Waals surface area contributed by atoms with E-state index in [0.717, 1.165) is 18.4 Å². The molecule has 3 atom stereocenters. The summed E-state index contributed by atoms with van der Waals surface area (Å²) in [5.74, 6) is -1.68. The molecule has 1 aromatic rings. The lowest BCUT2D eigenvalue weighted by molar-refractivity contribution is -0.157. The minimum atomic E-state index is -4.38. The predicted octanol–water partition coefficient (Wildman–Crippen LogP) is 4.48. The number of benzene rings is 1. The molecule has 0 aliphatic heterocycles. The molecule has 1 aromatic carbocycles. The van der Waals surface area contributed by atoms with Crippen LogP contribution in [-0.4, -0.2) is 41.9 Å². The second kappa shape index (κ2) is 12.0. The van der Waals surface area contributed by atoms with Gasteiger partial charge in [-0.25, -0.2) is 0 Å². The first kappa shape index (κ1) is 30.6. The SMILES string of the molecule is CC(C)N.CC(C)N.CC(C)c1ccc2c(c1)CC[C@H]1[C@@](CS(=O)(=O)O)(C(=O)O)CCC[C@]21C. The van der Waals surface area contributed by atoms with Crippen LogP contribution >= 0.6 is 0 Å². The van der Waals surface area contributed by atoms with Crippen LogP contribution in [0, 0.1) is 11.3 Å². The lowest BCUT2D eigenvalue weighted by Gasteiger charge is -2.54. The maximum Gasteiger partial charge on any atom is 0.311 e. The largest absolute Gasteiger partial charge is 0.481 e. The average molecular weight is 499 g/mol. The summed E-state index contributed by atoms with van der Waals surface area (Å²) in [7, 11) is -4.38. The number of rotatable bonds is 4. The molecule has 0 bridgehead atoms. The van der Waals surface area contributed by atoms with E-state index in [1.165, 1.54) is 11.1 Å². The molecule has 0 amide bonds. The molecule has 8 heteroatoms. The van der Waals surface area contributed by atoms with E-state index in [2.05, 4.69) is 39.0 Å². The summed E-state index contributed by atoms with van der Waals surface area (Å²) in [6, 6.07) is 7.11. The molecule has 0 saturated heterocycles. The van der Waals surface area contributed by atoms with Crippen molar-refractivity contribution in [1.82, 2.24) is 0 Å². The summed E-state index contributed by atoms with van der Waals surface area (Å²) < 4.78 is 32.8. The first-order valence-corrected chi connectivity index (χ1v) is 13.9. The zero-order valence-corrected chi connectivity index (χ0v) is 22.8. The minimum Gasteiger partial charge on any atom is -0.481 e. The third kappa shape index (κ3) is 7.77. The fourth-order valence-corrected chi connectivity index (χ4v) is 6.62. The quantitative estimate of drug-likeness (QED) is 0.448. The van der Waals surface area contributed by atoms with Gasteiger partial charge in [-0.05, 0) is 71.7 Å². The van der Waals surface area contributed by atoms with Gasteiger partial charge in [0.25, 0.3) is 10.1 Å². The van der Waals surface area contributed by atoms with Crippen molar-refractivity contribution >= 4 is 16.1 Å². The Morgan fingerprint density at radius 1 is 1.09 bits per heavy atom. The Morgan fingerprint density at radius 3 is 2.06 bits per heavy atom. The molecule has 0 heterocycles. The van der Waals surface area contributed by atoms with Gasteiger partial charge in [0.05, 0.1) is 11.2 Å².